The van der Waals surface area contributed by atoms with Crippen molar-refractivity contribution in [2.24, 2.45) is 0 Å². The molecule has 2 aliphatic heterocycles. The molecular formula is C10H14N4O4S2. The molecule has 2 aliphatic rings. The van der Waals surface area contributed by atoms with Gasteiger partial charge in [0.15, 0.2) is 0 Å². The first-order valence-corrected chi connectivity index (χ1v) is 8.52. The minimum absolute atomic E-state index is 0.286. The van der Waals surface area contributed by atoms with Gasteiger partial charge in [0, 0.05) is 11.5 Å². The fraction of sp³-hybridized carbons (Fsp3) is 0.600. The lowest BCUT2D eigenvalue weighted by atomic mass is 10.2. The number of hydrogen-bond donors (Lipinski definition) is 4. The summed E-state index contributed by atoms with van der Waals surface area (Å²) in [4.78, 5) is 44.3. The van der Waals surface area contributed by atoms with E-state index >= 15 is 0 Å². The van der Waals surface area contributed by atoms with E-state index in [1.807, 2.05) is 0 Å². The van der Waals surface area contributed by atoms with Crippen LogP contribution in [0.2, 0.25) is 0 Å². The number of imide groups is 2. The lowest BCUT2D eigenvalue weighted by Gasteiger charge is -2.07. The van der Waals surface area contributed by atoms with E-state index < -0.39 is 24.1 Å². The standard InChI is InChI=1S/C10H14N4O4S2/c15-7-5(11-9(17)13-7)1-3-19-20-4-2-6-8(16)14-10(18)12-6/h5-6H,1-4H2,(H2,11,13,15,17)(H2,12,14,16,18)/t5-,6-/m0/s1. The number of rotatable bonds is 7. The van der Waals surface area contributed by atoms with Crippen molar-refractivity contribution >= 4 is 45.5 Å². The van der Waals surface area contributed by atoms with E-state index in [1.165, 1.54) is 0 Å². The number of carbonyl (C=O) groups excluding carboxylic acids is 4. The molecule has 0 unspecified atom stereocenters. The number of amides is 6. The van der Waals surface area contributed by atoms with Gasteiger partial charge in [-0.1, -0.05) is 21.6 Å². The first-order valence-electron chi connectivity index (χ1n) is 6.03. The molecular weight excluding hydrogens is 304 g/mol. The van der Waals surface area contributed by atoms with E-state index in [1.54, 1.807) is 21.6 Å². The average molecular weight is 318 g/mol. The van der Waals surface area contributed by atoms with Gasteiger partial charge < -0.3 is 10.6 Å². The summed E-state index contributed by atoms with van der Waals surface area (Å²) >= 11 is 0. The Bertz CT molecular complexity index is 405. The van der Waals surface area contributed by atoms with Gasteiger partial charge in [0.2, 0.25) is 0 Å². The van der Waals surface area contributed by atoms with E-state index in [9.17, 15) is 19.2 Å². The van der Waals surface area contributed by atoms with Crippen LogP contribution in [0.3, 0.4) is 0 Å². The average Bonchev–Trinajstić information content (AvgIpc) is 2.86. The predicted octanol–water partition coefficient (Wildman–Crippen LogP) is -0.436. The zero-order valence-corrected chi connectivity index (χ0v) is 12.1. The Labute approximate surface area is 123 Å². The molecule has 110 valence electrons. The van der Waals surface area contributed by atoms with Crippen LogP contribution in [-0.2, 0) is 9.59 Å². The number of urea groups is 2. The van der Waals surface area contributed by atoms with Gasteiger partial charge in [-0.25, -0.2) is 9.59 Å². The molecule has 2 atom stereocenters. The second-order valence-electron chi connectivity index (χ2n) is 4.25. The molecule has 0 aliphatic carbocycles. The molecule has 0 bridgehead atoms. The van der Waals surface area contributed by atoms with Gasteiger partial charge in [0.05, 0.1) is 0 Å². The van der Waals surface area contributed by atoms with E-state index in [0.29, 0.717) is 24.3 Å². The molecule has 0 aromatic heterocycles. The molecule has 0 saturated carbocycles. The minimum Gasteiger partial charge on any atom is -0.326 e. The van der Waals surface area contributed by atoms with Gasteiger partial charge in [-0.05, 0) is 12.8 Å². The van der Waals surface area contributed by atoms with E-state index in [2.05, 4.69) is 21.3 Å². The summed E-state index contributed by atoms with van der Waals surface area (Å²) in [5.41, 5.74) is 0. The Morgan fingerprint density at radius 3 is 1.45 bits per heavy atom. The summed E-state index contributed by atoms with van der Waals surface area (Å²) in [7, 11) is 3.14. The topological polar surface area (TPSA) is 116 Å². The lowest BCUT2D eigenvalue weighted by Crippen LogP contribution is -2.29. The van der Waals surface area contributed by atoms with Gasteiger partial charge >= 0.3 is 12.1 Å². The van der Waals surface area contributed by atoms with Gasteiger partial charge in [-0.3, -0.25) is 20.2 Å². The van der Waals surface area contributed by atoms with Crippen LogP contribution in [0, 0.1) is 0 Å². The van der Waals surface area contributed by atoms with Gasteiger partial charge in [-0.15, -0.1) is 0 Å². The quantitative estimate of drug-likeness (QED) is 0.287. The van der Waals surface area contributed by atoms with Crippen LogP contribution >= 0.6 is 21.6 Å². The highest BCUT2D eigenvalue weighted by atomic mass is 33.1. The number of hydrogen-bond acceptors (Lipinski definition) is 6. The van der Waals surface area contributed by atoms with Crippen molar-refractivity contribution in [1.82, 2.24) is 21.3 Å². The normalized spacial score (nSPS) is 25.2. The molecule has 2 rings (SSSR count). The van der Waals surface area contributed by atoms with Crippen LogP contribution in [0.25, 0.3) is 0 Å². The largest absolute Gasteiger partial charge is 0.326 e. The molecule has 20 heavy (non-hydrogen) atoms. The van der Waals surface area contributed by atoms with Crippen LogP contribution in [0.4, 0.5) is 9.59 Å². The van der Waals surface area contributed by atoms with E-state index in [0.717, 1.165) is 0 Å². The van der Waals surface area contributed by atoms with Gasteiger partial charge in [0.25, 0.3) is 11.8 Å². The molecule has 6 amide bonds. The third-order valence-electron chi connectivity index (χ3n) is 2.78. The monoisotopic (exact) mass is 318 g/mol. The van der Waals surface area contributed by atoms with Crippen LogP contribution < -0.4 is 21.3 Å². The summed E-state index contributed by atoms with van der Waals surface area (Å²) in [6.45, 7) is 0. The molecule has 0 aromatic carbocycles. The second-order valence-corrected chi connectivity index (χ2v) is 6.95. The van der Waals surface area contributed by atoms with Gasteiger partial charge in [0.1, 0.15) is 12.1 Å². The fourth-order valence-corrected chi connectivity index (χ4v) is 3.96. The molecule has 10 heteroatoms. The van der Waals surface area contributed by atoms with Gasteiger partial charge in [-0.2, -0.15) is 0 Å². The Balaban J connectivity index is 1.52. The van der Waals surface area contributed by atoms with Crippen molar-refractivity contribution in [1.29, 1.82) is 0 Å². The van der Waals surface area contributed by atoms with Crippen molar-refractivity contribution in [2.75, 3.05) is 11.5 Å². The first-order chi connectivity index (χ1) is 9.56. The predicted molar refractivity (Wildman–Crippen MR) is 75.1 cm³/mol. The van der Waals surface area contributed by atoms with Crippen molar-refractivity contribution in [3.05, 3.63) is 0 Å². The van der Waals surface area contributed by atoms with E-state index in [-0.39, 0.29) is 11.8 Å². The minimum atomic E-state index is -0.449. The summed E-state index contributed by atoms with van der Waals surface area (Å²) in [6.07, 6.45) is 1.13. The number of nitrogens with one attached hydrogen (secondary N) is 4. The van der Waals surface area contributed by atoms with E-state index in [4.69, 9.17) is 0 Å². The molecule has 4 N–H and O–H groups in total. The maximum atomic E-state index is 11.3. The maximum absolute atomic E-state index is 11.3. The Hall–Kier alpha value is -1.42. The Morgan fingerprint density at radius 1 is 0.750 bits per heavy atom. The maximum Gasteiger partial charge on any atom is 0.322 e. The molecule has 0 spiro atoms. The van der Waals surface area contributed by atoms with Crippen molar-refractivity contribution < 1.29 is 19.2 Å². The highest BCUT2D eigenvalue weighted by Crippen LogP contribution is 2.24. The SMILES string of the molecule is O=C1NC(=O)[C@H](CCSSCC[C@@H]2NC(=O)NC2=O)N1. The molecule has 0 aromatic rings. The zero-order valence-electron chi connectivity index (χ0n) is 10.4. The molecule has 2 heterocycles. The molecule has 8 nitrogen and oxygen atoms in total. The third kappa shape index (κ3) is 4.04. The summed E-state index contributed by atoms with van der Waals surface area (Å²) in [5, 5.41) is 9.41. The Morgan fingerprint density at radius 2 is 1.15 bits per heavy atom. The van der Waals surface area contributed by atoms with Crippen molar-refractivity contribution in [3.63, 3.8) is 0 Å². The molecule has 2 saturated heterocycles. The van der Waals surface area contributed by atoms with Crippen LogP contribution in [0.1, 0.15) is 12.8 Å². The van der Waals surface area contributed by atoms with Crippen molar-refractivity contribution in [3.8, 4) is 0 Å². The van der Waals surface area contributed by atoms with Crippen LogP contribution in [0.5, 0.6) is 0 Å². The fourth-order valence-electron chi connectivity index (χ4n) is 1.77. The van der Waals surface area contributed by atoms with Crippen LogP contribution in [-0.4, -0.2) is 47.5 Å². The Kier molecular flexibility index (Phi) is 5.12. The van der Waals surface area contributed by atoms with Crippen LogP contribution in [0.15, 0.2) is 0 Å². The highest BCUT2D eigenvalue weighted by Gasteiger charge is 2.29. The zero-order chi connectivity index (χ0) is 14.5. The number of carbonyl (C=O) groups is 4. The smallest absolute Gasteiger partial charge is 0.322 e. The summed E-state index contributed by atoms with van der Waals surface area (Å²) in [5.74, 6) is 0.857. The molecule has 0 radical (unpaired) electrons. The van der Waals surface area contributed by atoms with Crippen molar-refractivity contribution in [2.45, 2.75) is 24.9 Å². The third-order valence-corrected chi connectivity index (χ3v) is 5.25. The summed E-state index contributed by atoms with van der Waals surface area (Å²) < 4.78 is 0. The molecule has 2 fully saturated rings. The summed E-state index contributed by atoms with van der Waals surface area (Å²) in [6, 6.07) is -1.78. The first kappa shape index (κ1) is 15.0. The highest BCUT2D eigenvalue weighted by molar-refractivity contribution is 8.76. The lowest BCUT2D eigenvalue weighted by molar-refractivity contribution is -0.121. The second kappa shape index (κ2) is 6.84.